The summed E-state index contributed by atoms with van der Waals surface area (Å²) >= 11 is 1.25. The number of amides is 4. The summed E-state index contributed by atoms with van der Waals surface area (Å²) in [6.07, 6.45) is -0.136. The molecule has 1 heterocycles. The first-order chi connectivity index (χ1) is 14.5. The van der Waals surface area contributed by atoms with Gasteiger partial charge in [-0.3, -0.25) is 20.4 Å². The van der Waals surface area contributed by atoms with Crippen LogP contribution in [0.5, 0.6) is 11.5 Å². The number of thiophene rings is 1. The van der Waals surface area contributed by atoms with Crippen LogP contribution in [0.4, 0.5) is 4.79 Å². The maximum Gasteiger partial charge on any atom is 0.312 e. The molecule has 2 aromatic carbocycles. The van der Waals surface area contributed by atoms with Crippen LogP contribution in [0.25, 0.3) is 0 Å². The van der Waals surface area contributed by atoms with Crippen LogP contribution in [-0.4, -0.2) is 17.8 Å². The van der Waals surface area contributed by atoms with Crippen molar-refractivity contribution < 1.29 is 19.1 Å². The first-order valence-electron chi connectivity index (χ1n) is 9.03. The van der Waals surface area contributed by atoms with Gasteiger partial charge in [-0.25, -0.2) is 4.79 Å². The van der Waals surface area contributed by atoms with Gasteiger partial charge in [0.25, 0.3) is 5.91 Å². The highest BCUT2D eigenvalue weighted by Crippen LogP contribution is 2.25. The van der Waals surface area contributed by atoms with Crippen molar-refractivity contribution in [3.8, 4) is 11.5 Å². The van der Waals surface area contributed by atoms with Gasteiger partial charge in [-0.15, -0.1) is 11.3 Å². The number of ether oxygens (including phenoxy) is 1. The molecule has 0 saturated carbocycles. The molecule has 30 heavy (non-hydrogen) atoms. The average Bonchev–Trinajstić information content (AvgIpc) is 3.27. The van der Waals surface area contributed by atoms with E-state index >= 15 is 0 Å². The lowest BCUT2D eigenvalue weighted by molar-refractivity contribution is -0.122. The number of benzene rings is 2. The van der Waals surface area contributed by atoms with E-state index in [0.717, 1.165) is 0 Å². The average molecular weight is 424 g/mol. The lowest BCUT2D eigenvalue weighted by Crippen LogP contribution is -2.43. The third-order valence-electron chi connectivity index (χ3n) is 4.01. The zero-order valence-electron chi connectivity index (χ0n) is 15.8. The molecular formula is C21H20N4O4S. The second kappa shape index (κ2) is 10.1. The lowest BCUT2D eigenvalue weighted by atomic mass is 10.0. The molecule has 0 aliphatic rings. The van der Waals surface area contributed by atoms with Crippen LogP contribution in [-0.2, 0) is 4.79 Å². The molecule has 0 aliphatic heterocycles. The van der Waals surface area contributed by atoms with Gasteiger partial charge >= 0.3 is 6.03 Å². The molecular weight excluding hydrogens is 404 g/mol. The standard InChI is InChI=1S/C21H20N4O4S/c22-21(28)23-17(13-19(26)24-25-20(27)18-10-5-11-30-18)14-6-4-9-16(12-14)29-15-7-2-1-3-8-15/h1-12,17H,13H2,(H,24,26)(H,25,27)(H3,22,23,28)/t17-/m1/s1. The number of nitrogens with two attached hydrogens (primary N) is 1. The molecule has 3 rings (SSSR count). The van der Waals surface area contributed by atoms with Crippen molar-refractivity contribution >= 4 is 29.2 Å². The number of rotatable bonds is 7. The Morgan fingerprint density at radius 2 is 1.70 bits per heavy atom. The molecule has 1 atom stereocenters. The van der Waals surface area contributed by atoms with Gasteiger partial charge in [0.2, 0.25) is 5.91 Å². The van der Waals surface area contributed by atoms with Crippen molar-refractivity contribution in [3.05, 3.63) is 82.6 Å². The molecule has 0 bridgehead atoms. The van der Waals surface area contributed by atoms with Crippen molar-refractivity contribution in [1.29, 1.82) is 0 Å². The highest BCUT2D eigenvalue weighted by molar-refractivity contribution is 7.12. The van der Waals surface area contributed by atoms with Gasteiger partial charge in [-0.05, 0) is 41.3 Å². The normalized spacial score (nSPS) is 11.2. The molecule has 154 valence electrons. The van der Waals surface area contributed by atoms with Crippen LogP contribution in [0, 0.1) is 0 Å². The van der Waals surface area contributed by atoms with Crippen LogP contribution < -0.4 is 26.6 Å². The molecule has 8 nitrogen and oxygen atoms in total. The Bertz CT molecular complexity index is 1010. The van der Waals surface area contributed by atoms with E-state index in [4.69, 9.17) is 10.5 Å². The lowest BCUT2D eigenvalue weighted by Gasteiger charge is -2.19. The zero-order chi connectivity index (χ0) is 21.3. The maximum atomic E-state index is 12.3. The van der Waals surface area contributed by atoms with Crippen LogP contribution in [0.1, 0.15) is 27.7 Å². The first kappa shape index (κ1) is 20.9. The van der Waals surface area contributed by atoms with Crippen molar-refractivity contribution in [2.24, 2.45) is 5.73 Å². The molecule has 5 N–H and O–H groups in total. The van der Waals surface area contributed by atoms with Gasteiger partial charge in [0.05, 0.1) is 17.3 Å². The Morgan fingerprint density at radius 1 is 0.933 bits per heavy atom. The summed E-state index contributed by atoms with van der Waals surface area (Å²) in [6, 6.07) is 18.1. The molecule has 0 unspecified atom stereocenters. The highest BCUT2D eigenvalue weighted by atomic mass is 32.1. The van der Waals surface area contributed by atoms with E-state index in [-0.39, 0.29) is 6.42 Å². The smallest absolute Gasteiger partial charge is 0.312 e. The molecule has 0 spiro atoms. The molecule has 0 aliphatic carbocycles. The SMILES string of the molecule is NC(=O)N[C@H](CC(=O)NNC(=O)c1cccs1)c1cccc(Oc2ccccc2)c1. The summed E-state index contributed by atoms with van der Waals surface area (Å²) < 4.78 is 5.80. The monoisotopic (exact) mass is 424 g/mol. The molecule has 0 saturated heterocycles. The maximum absolute atomic E-state index is 12.3. The minimum Gasteiger partial charge on any atom is -0.457 e. The minimum atomic E-state index is -0.773. The molecule has 3 aromatic rings. The van der Waals surface area contributed by atoms with E-state index in [1.54, 1.807) is 41.8 Å². The topological polar surface area (TPSA) is 123 Å². The summed E-state index contributed by atoms with van der Waals surface area (Å²) in [7, 11) is 0. The van der Waals surface area contributed by atoms with Crippen molar-refractivity contribution in [2.45, 2.75) is 12.5 Å². The predicted octanol–water partition coefficient (Wildman–Crippen LogP) is 3.10. The molecule has 4 amide bonds. The number of hydrogen-bond donors (Lipinski definition) is 4. The van der Waals surface area contributed by atoms with Crippen LogP contribution in [0.15, 0.2) is 72.1 Å². The van der Waals surface area contributed by atoms with E-state index in [2.05, 4.69) is 16.2 Å². The second-order valence-corrected chi connectivity index (χ2v) is 7.18. The number of carbonyl (C=O) groups excluding carboxylic acids is 3. The van der Waals surface area contributed by atoms with Crippen molar-refractivity contribution in [3.63, 3.8) is 0 Å². The van der Waals surface area contributed by atoms with E-state index in [0.29, 0.717) is 21.9 Å². The molecule has 0 radical (unpaired) electrons. The van der Waals surface area contributed by atoms with Gasteiger partial charge in [0.1, 0.15) is 11.5 Å². The van der Waals surface area contributed by atoms with Crippen LogP contribution in [0.3, 0.4) is 0 Å². The summed E-state index contributed by atoms with van der Waals surface area (Å²) in [4.78, 5) is 36.2. The summed E-state index contributed by atoms with van der Waals surface area (Å²) in [5.41, 5.74) is 10.6. The zero-order valence-corrected chi connectivity index (χ0v) is 16.6. The largest absolute Gasteiger partial charge is 0.457 e. The number of primary amides is 1. The first-order valence-corrected chi connectivity index (χ1v) is 9.91. The van der Waals surface area contributed by atoms with E-state index in [1.807, 2.05) is 30.3 Å². The Kier molecular flexibility index (Phi) is 7.01. The summed E-state index contributed by atoms with van der Waals surface area (Å²) in [6.45, 7) is 0. The van der Waals surface area contributed by atoms with Crippen molar-refractivity contribution in [1.82, 2.24) is 16.2 Å². The van der Waals surface area contributed by atoms with Gasteiger partial charge in [-0.1, -0.05) is 36.4 Å². The summed E-state index contributed by atoms with van der Waals surface area (Å²) in [5.74, 6) is 0.286. The molecule has 0 fully saturated rings. The quantitative estimate of drug-likeness (QED) is 0.435. The molecule has 1 aromatic heterocycles. The van der Waals surface area contributed by atoms with Gasteiger partial charge in [0, 0.05) is 0 Å². The Morgan fingerprint density at radius 3 is 2.40 bits per heavy atom. The van der Waals surface area contributed by atoms with Crippen LogP contribution >= 0.6 is 11.3 Å². The predicted molar refractivity (Wildman–Crippen MR) is 113 cm³/mol. The fourth-order valence-corrected chi connectivity index (χ4v) is 3.29. The Labute approximate surface area is 177 Å². The van der Waals surface area contributed by atoms with E-state index in [1.165, 1.54) is 11.3 Å². The van der Waals surface area contributed by atoms with Crippen molar-refractivity contribution in [2.75, 3.05) is 0 Å². The number of hydrogen-bond acceptors (Lipinski definition) is 5. The Balaban J connectivity index is 1.66. The third-order valence-corrected chi connectivity index (χ3v) is 4.87. The van der Waals surface area contributed by atoms with E-state index < -0.39 is 23.9 Å². The van der Waals surface area contributed by atoms with Gasteiger partial charge < -0.3 is 15.8 Å². The highest BCUT2D eigenvalue weighted by Gasteiger charge is 2.19. The number of nitrogens with one attached hydrogen (secondary N) is 3. The van der Waals surface area contributed by atoms with Gasteiger partial charge in [-0.2, -0.15) is 0 Å². The van der Waals surface area contributed by atoms with Crippen LogP contribution in [0.2, 0.25) is 0 Å². The van der Waals surface area contributed by atoms with E-state index in [9.17, 15) is 14.4 Å². The Hall–Kier alpha value is -3.85. The molecule has 9 heteroatoms. The minimum absolute atomic E-state index is 0.136. The summed E-state index contributed by atoms with van der Waals surface area (Å²) in [5, 5.41) is 4.30. The number of para-hydroxylation sites is 1. The number of urea groups is 1. The number of hydrazine groups is 1. The third kappa shape index (κ3) is 6.08. The fraction of sp³-hybridized carbons (Fsp3) is 0.0952. The van der Waals surface area contributed by atoms with Gasteiger partial charge in [0.15, 0.2) is 0 Å². The number of carbonyl (C=O) groups is 3. The fourth-order valence-electron chi connectivity index (χ4n) is 2.68. The second-order valence-electron chi connectivity index (χ2n) is 6.23.